The second kappa shape index (κ2) is 4.36. The average Bonchev–Trinajstić information content (AvgIpc) is 2.87. The van der Waals surface area contributed by atoms with Crippen LogP contribution >= 0.6 is 15.9 Å². The lowest BCUT2D eigenvalue weighted by molar-refractivity contribution is 0.415. The molecule has 4 rings (SSSR count). The third-order valence-corrected chi connectivity index (χ3v) is 4.13. The van der Waals surface area contributed by atoms with Crippen molar-refractivity contribution in [3.05, 3.63) is 51.3 Å². The zero-order valence-corrected chi connectivity index (χ0v) is 12.6. The molecule has 4 nitrogen and oxygen atoms in total. The van der Waals surface area contributed by atoms with Crippen LogP contribution in [0, 0.1) is 0 Å². The molecular weight excluding hydrogens is 336 g/mol. The van der Waals surface area contributed by atoms with Crippen LogP contribution in [0.4, 0.5) is 0 Å². The number of benzene rings is 2. The van der Waals surface area contributed by atoms with E-state index in [1.165, 1.54) is 0 Å². The van der Waals surface area contributed by atoms with Gasteiger partial charge in [0.15, 0.2) is 11.2 Å². The molecule has 2 aromatic heterocycles. The molecule has 2 heterocycles. The Labute approximate surface area is 127 Å². The minimum Gasteiger partial charge on any atom is -0.497 e. The van der Waals surface area contributed by atoms with E-state index >= 15 is 0 Å². The Morgan fingerprint density at radius 2 is 1.90 bits per heavy atom. The Hall–Kier alpha value is -2.27. The van der Waals surface area contributed by atoms with Crippen LogP contribution in [-0.4, -0.2) is 7.11 Å². The number of fused-ring (bicyclic) bond motifs is 5. The minimum atomic E-state index is -0.420. The monoisotopic (exact) mass is 344 g/mol. The van der Waals surface area contributed by atoms with Crippen LogP contribution in [0.3, 0.4) is 0 Å². The molecule has 0 radical (unpaired) electrons. The smallest absolute Gasteiger partial charge is 0.348 e. The maximum atomic E-state index is 12.3. The summed E-state index contributed by atoms with van der Waals surface area (Å²) in [6, 6.07) is 10.9. The zero-order valence-electron chi connectivity index (χ0n) is 11.0. The molecule has 21 heavy (non-hydrogen) atoms. The summed E-state index contributed by atoms with van der Waals surface area (Å²) < 4.78 is 17.2. The van der Waals surface area contributed by atoms with E-state index in [1.807, 2.05) is 18.2 Å². The number of methoxy groups -OCH3 is 1. The number of hydrogen-bond acceptors (Lipinski definition) is 4. The Morgan fingerprint density at radius 1 is 1.05 bits per heavy atom. The number of hydrogen-bond donors (Lipinski definition) is 0. The van der Waals surface area contributed by atoms with Gasteiger partial charge in [0.25, 0.3) is 0 Å². The standard InChI is InChI=1S/C16H9BrO4/c1-19-8-5-6-12-10(7-8)13-15(20-12)9-3-2-4-11(17)14(9)21-16(13)18/h2-7H,1H3. The highest BCUT2D eigenvalue weighted by atomic mass is 79.9. The van der Waals surface area contributed by atoms with Gasteiger partial charge < -0.3 is 13.6 Å². The molecule has 0 bridgehead atoms. The van der Waals surface area contributed by atoms with E-state index < -0.39 is 5.63 Å². The molecule has 2 aromatic carbocycles. The number of rotatable bonds is 1. The van der Waals surface area contributed by atoms with Crippen molar-refractivity contribution >= 4 is 48.8 Å². The Balaban J connectivity index is 2.29. The first-order valence-corrected chi connectivity index (χ1v) is 7.10. The van der Waals surface area contributed by atoms with Crippen molar-refractivity contribution in [1.29, 1.82) is 0 Å². The molecule has 0 amide bonds. The highest BCUT2D eigenvalue weighted by Crippen LogP contribution is 2.35. The Morgan fingerprint density at radius 3 is 2.71 bits per heavy atom. The molecule has 0 spiro atoms. The van der Waals surface area contributed by atoms with Crippen LogP contribution in [0.15, 0.2) is 54.5 Å². The molecule has 0 N–H and O–H groups in total. The maximum absolute atomic E-state index is 12.3. The molecule has 5 heteroatoms. The van der Waals surface area contributed by atoms with Gasteiger partial charge in [-0.05, 0) is 46.3 Å². The van der Waals surface area contributed by atoms with Gasteiger partial charge in [0.1, 0.15) is 16.7 Å². The molecule has 0 saturated carbocycles. The second-order valence-electron chi connectivity index (χ2n) is 4.67. The molecule has 0 aliphatic heterocycles. The van der Waals surface area contributed by atoms with Crippen molar-refractivity contribution in [2.75, 3.05) is 7.11 Å². The van der Waals surface area contributed by atoms with E-state index in [0.29, 0.717) is 33.3 Å². The number of para-hydroxylation sites is 1. The summed E-state index contributed by atoms with van der Waals surface area (Å²) in [5.41, 5.74) is 1.23. The summed E-state index contributed by atoms with van der Waals surface area (Å²) in [4.78, 5) is 12.3. The molecule has 0 aliphatic rings. The van der Waals surface area contributed by atoms with Crippen molar-refractivity contribution < 1.29 is 13.6 Å². The molecule has 0 unspecified atom stereocenters. The van der Waals surface area contributed by atoms with E-state index in [1.54, 1.807) is 25.3 Å². The summed E-state index contributed by atoms with van der Waals surface area (Å²) in [5, 5.41) is 1.89. The summed E-state index contributed by atoms with van der Waals surface area (Å²) in [7, 11) is 1.58. The van der Waals surface area contributed by atoms with Crippen LogP contribution in [-0.2, 0) is 0 Å². The van der Waals surface area contributed by atoms with Crippen LogP contribution in [0.2, 0.25) is 0 Å². The summed E-state index contributed by atoms with van der Waals surface area (Å²) >= 11 is 3.39. The quantitative estimate of drug-likeness (QED) is 0.478. The normalized spacial score (nSPS) is 11.5. The highest BCUT2D eigenvalue weighted by Gasteiger charge is 2.17. The van der Waals surface area contributed by atoms with E-state index in [0.717, 1.165) is 9.86 Å². The fraction of sp³-hybridized carbons (Fsp3) is 0.0625. The topological polar surface area (TPSA) is 52.6 Å². The van der Waals surface area contributed by atoms with Gasteiger partial charge in [-0.25, -0.2) is 4.79 Å². The molecule has 0 saturated heterocycles. The predicted octanol–water partition coefficient (Wildman–Crippen LogP) is 4.46. The molecule has 104 valence electrons. The minimum absolute atomic E-state index is 0.420. The van der Waals surface area contributed by atoms with Gasteiger partial charge in [0, 0.05) is 5.39 Å². The lowest BCUT2D eigenvalue weighted by Gasteiger charge is -1.99. The van der Waals surface area contributed by atoms with Crippen molar-refractivity contribution in [2.24, 2.45) is 0 Å². The molecular formula is C16H9BrO4. The van der Waals surface area contributed by atoms with Gasteiger partial charge in [-0.3, -0.25) is 0 Å². The second-order valence-corrected chi connectivity index (χ2v) is 5.53. The van der Waals surface area contributed by atoms with E-state index in [9.17, 15) is 4.79 Å². The maximum Gasteiger partial charge on any atom is 0.348 e. The van der Waals surface area contributed by atoms with Gasteiger partial charge in [-0.2, -0.15) is 0 Å². The summed E-state index contributed by atoms with van der Waals surface area (Å²) in [6.07, 6.45) is 0. The van der Waals surface area contributed by atoms with Crippen molar-refractivity contribution in [2.45, 2.75) is 0 Å². The van der Waals surface area contributed by atoms with Gasteiger partial charge in [0.2, 0.25) is 0 Å². The van der Waals surface area contributed by atoms with Gasteiger partial charge in [0.05, 0.1) is 17.0 Å². The van der Waals surface area contributed by atoms with Crippen LogP contribution in [0.5, 0.6) is 5.75 Å². The summed E-state index contributed by atoms with van der Waals surface area (Å²) in [6.45, 7) is 0. The number of ether oxygens (including phenoxy) is 1. The largest absolute Gasteiger partial charge is 0.497 e. The van der Waals surface area contributed by atoms with E-state index in [-0.39, 0.29) is 0 Å². The number of furan rings is 1. The van der Waals surface area contributed by atoms with E-state index in [4.69, 9.17) is 13.6 Å². The fourth-order valence-electron chi connectivity index (χ4n) is 2.53. The Kier molecular flexibility index (Phi) is 2.59. The average molecular weight is 345 g/mol. The highest BCUT2D eigenvalue weighted by molar-refractivity contribution is 9.10. The van der Waals surface area contributed by atoms with Gasteiger partial charge in [-0.1, -0.05) is 6.07 Å². The van der Waals surface area contributed by atoms with Crippen molar-refractivity contribution in [3.63, 3.8) is 0 Å². The lowest BCUT2D eigenvalue weighted by Crippen LogP contribution is -1.98. The van der Waals surface area contributed by atoms with E-state index in [2.05, 4.69) is 15.9 Å². The first kappa shape index (κ1) is 12.5. The predicted molar refractivity (Wildman–Crippen MR) is 84.0 cm³/mol. The van der Waals surface area contributed by atoms with Crippen LogP contribution in [0.25, 0.3) is 32.9 Å². The van der Waals surface area contributed by atoms with Crippen molar-refractivity contribution in [3.8, 4) is 5.75 Å². The third kappa shape index (κ3) is 1.70. The third-order valence-electron chi connectivity index (χ3n) is 3.51. The molecule has 0 atom stereocenters. The number of halogens is 1. The molecule has 0 fully saturated rings. The summed E-state index contributed by atoms with van der Waals surface area (Å²) in [5.74, 6) is 0.666. The van der Waals surface area contributed by atoms with Gasteiger partial charge in [-0.15, -0.1) is 0 Å². The van der Waals surface area contributed by atoms with Crippen LogP contribution < -0.4 is 10.4 Å². The first-order chi connectivity index (χ1) is 10.2. The Bertz CT molecular complexity index is 1060. The van der Waals surface area contributed by atoms with Crippen molar-refractivity contribution in [1.82, 2.24) is 0 Å². The molecule has 4 aromatic rings. The lowest BCUT2D eigenvalue weighted by atomic mass is 10.1. The first-order valence-electron chi connectivity index (χ1n) is 6.30. The zero-order chi connectivity index (χ0) is 14.6. The fourth-order valence-corrected chi connectivity index (χ4v) is 2.98. The SMILES string of the molecule is COc1ccc2oc3c4cccc(Br)c4oc(=O)c3c2c1. The molecule has 0 aliphatic carbocycles. The van der Waals surface area contributed by atoms with Gasteiger partial charge >= 0.3 is 5.63 Å². The van der Waals surface area contributed by atoms with Crippen LogP contribution in [0.1, 0.15) is 0 Å².